The highest BCUT2D eigenvalue weighted by Gasteiger charge is 2.40. The van der Waals surface area contributed by atoms with Crippen molar-refractivity contribution in [3.05, 3.63) is 35.9 Å². The van der Waals surface area contributed by atoms with E-state index in [-0.39, 0.29) is 11.3 Å². The number of benzene rings is 1. The molecule has 0 spiro atoms. The molecule has 1 fully saturated rings. The van der Waals surface area contributed by atoms with Gasteiger partial charge in [0.05, 0.1) is 5.54 Å². The van der Waals surface area contributed by atoms with Crippen LogP contribution in [0, 0.1) is 0 Å². The Kier molecular flexibility index (Phi) is 3.95. The Morgan fingerprint density at radius 3 is 2.47 bits per heavy atom. The van der Waals surface area contributed by atoms with Crippen LogP contribution in [0.3, 0.4) is 0 Å². The highest BCUT2D eigenvalue weighted by molar-refractivity contribution is 6.03. The molecule has 92 valence electrons. The molecule has 1 N–H and O–H groups in total. The Labute approximate surface area is 103 Å². The Balaban J connectivity index is 2.19. The van der Waals surface area contributed by atoms with Gasteiger partial charge in [0.1, 0.15) is 0 Å². The third-order valence-electron chi connectivity index (χ3n) is 3.64. The number of ketones is 1. The van der Waals surface area contributed by atoms with Gasteiger partial charge in [-0.15, -0.1) is 0 Å². The van der Waals surface area contributed by atoms with Crippen LogP contribution < -0.4 is 5.32 Å². The Bertz CT molecular complexity index is 366. The fourth-order valence-electron chi connectivity index (χ4n) is 2.69. The molecule has 2 nitrogen and oxygen atoms in total. The van der Waals surface area contributed by atoms with Crippen LogP contribution in [-0.2, 0) is 0 Å². The van der Waals surface area contributed by atoms with E-state index < -0.39 is 0 Å². The number of rotatable bonds is 5. The van der Waals surface area contributed by atoms with Gasteiger partial charge in [0.2, 0.25) is 0 Å². The van der Waals surface area contributed by atoms with Crippen molar-refractivity contribution in [2.45, 2.75) is 44.6 Å². The first kappa shape index (κ1) is 12.3. The van der Waals surface area contributed by atoms with Gasteiger partial charge >= 0.3 is 0 Å². The highest BCUT2D eigenvalue weighted by atomic mass is 16.1. The van der Waals surface area contributed by atoms with Crippen molar-refractivity contribution in [3.8, 4) is 0 Å². The molecule has 0 radical (unpaired) electrons. The van der Waals surface area contributed by atoms with E-state index in [1.54, 1.807) is 0 Å². The number of Topliss-reactive ketones (excluding diaryl/α,β-unsaturated/α-hetero) is 1. The van der Waals surface area contributed by atoms with Crippen molar-refractivity contribution in [1.82, 2.24) is 5.32 Å². The first-order valence-electron chi connectivity index (χ1n) is 6.63. The third kappa shape index (κ3) is 2.58. The molecular formula is C15H21NO. The standard InChI is InChI=1S/C15H21NO/c1-2-12-16-15(10-6-7-11-15)14(17)13-8-4-3-5-9-13/h3-5,8-9,16H,2,6-7,10-12H2,1H3. The summed E-state index contributed by atoms with van der Waals surface area (Å²) in [6.45, 7) is 3.07. The summed E-state index contributed by atoms with van der Waals surface area (Å²) in [7, 11) is 0. The summed E-state index contributed by atoms with van der Waals surface area (Å²) >= 11 is 0. The second-order valence-electron chi connectivity index (χ2n) is 4.91. The molecule has 0 aromatic heterocycles. The monoisotopic (exact) mass is 231 g/mol. The maximum absolute atomic E-state index is 12.6. The van der Waals surface area contributed by atoms with Gasteiger partial charge in [0.15, 0.2) is 5.78 Å². The zero-order chi connectivity index (χ0) is 12.1. The maximum atomic E-state index is 12.6. The van der Waals surface area contributed by atoms with Gasteiger partial charge in [0, 0.05) is 5.56 Å². The van der Waals surface area contributed by atoms with Gasteiger partial charge in [-0.1, -0.05) is 50.1 Å². The van der Waals surface area contributed by atoms with Gasteiger partial charge < -0.3 is 5.32 Å². The van der Waals surface area contributed by atoms with E-state index in [2.05, 4.69) is 12.2 Å². The van der Waals surface area contributed by atoms with Crippen molar-refractivity contribution in [2.24, 2.45) is 0 Å². The summed E-state index contributed by atoms with van der Waals surface area (Å²) in [6, 6.07) is 9.69. The van der Waals surface area contributed by atoms with Gasteiger partial charge in [-0.3, -0.25) is 4.79 Å². The molecule has 1 aliphatic carbocycles. The molecule has 0 amide bonds. The normalized spacial score (nSPS) is 18.2. The Morgan fingerprint density at radius 1 is 1.24 bits per heavy atom. The van der Waals surface area contributed by atoms with Gasteiger partial charge in [0.25, 0.3) is 0 Å². The van der Waals surface area contributed by atoms with Crippen LogP contribution >= 0.6 is 0 Å². The number of nitrogens with one attached hydrogen (secondary N) is 1. The Morgan fingerprint density at radius 2 is 1.88 bits per heavy atom. The van der Waals surface area contributed by atoms with Crippen LogP contribution in [0.2, 0.25) is 0 Å². The number of carbonyl (C=O) groups excluding carboxylic acids is 1. The van der Waals surface area contributed by atoms with E-state index in [4.69, 9.17) is 0 Å². The van der Waals surface area contributed by atoms with Crippen LogP contribution in [0.25, 0.3) is 0 Å². The maximum Gasteiger partial charge on any atom is 0.182 e. The van der Waals surface area contributed by atoms with E-state index in [9.17, 15) is 4.79 Å². The molecule has 17 heavy (non-hydrogen) atoms. The second-order valence-corrected chi connectivity index (χ2v) is 4.91. The lowest BCUT2D eigenvalue weighted by molar-refractivity contribution is 0.0854. The van der Waals surface area contributed by atoms with E-state index >= 15 is 0 Å². The molecule has 0 atom stereocenters. The summed E-state index contributed by atoms with van der Waals surface area (Å²) in [5.74, 6) is 0.282. The predicted octanol–water partition coefficient (Wildman–Crippen LogP) is 3.18. The van der Waals surface area contributed by atoms with Crippen molar-refractivity contribution in [1.29, 1.82) is 0 Å². The SMILES string of the molecule is CCCNC1(C(=O)c2ccccc2)CCCC1. The van der Waals surface area contributed by atoms with Gasteiger partial charge in [-0.2, -0.15) is 0 Å². The molecule has 1 aromatic carbocycles. The molecule has 0 saturated heterocycles. The quantitative estimate of drug-likeness (QED) is 0.789. The predicted molar refractivity (Wildman–Crippen MR) is 70.3 cm³/mol. The smallest absolute Gasteiger partial charge is 0.182 e. The first-order chi connectivity index (χ1) is 8.28. The summed E-state index contributed by atoms with van der Waals surface area (Å²) in [5, 5.41) is 3.49. The van der Waals surface area contributed by atoms with Crippen molar-refractivity contribution in [2.75, 3.05) is 6.54 Å². The minimum atomic E-state index is -0.280. The largest absolute Gasteiger partial charge is 0.305 e. The van der Waals surface area contributed by atoms with E-state index in [0.29, 0.717) is 0 Å². The number of hydrogen-bond acceptors (Lipinski definition) is 2. The fraction of sp³-hybridized carbons (Fsp3) is 0.533. The third-order valence-corrected chi connectivity index (χ3v) is 3.64. The molecule has 1 aromatic rings. The van der Waals surface area contributed by atoms with Crippen LogP contribution in [0.5, 0.6) is 0 Å². The Hall–Kier alpha value is -1.15. The zero-order valence-corrected chi connectivity index (χ0v) is 10.5. The van der Waals surface area contributed by atoms with Crippen LogP contribution in [0.4, 0.5) is 0 Å². The molecule has 1 saturated carbocycles. The topological polar surface area (TPSA) is 29.1 Å². The van der Waals surface area contributed by atoms with Crippen molar-refractivity contribution >= 4 is 5.78 Å². The number of hydrogen-bond donors (Lipinski definition) is 1. The summed E-state index contributed by atoms with van der Waals surface area (Å²) < 4.78 is 0. The molecule has 0 heterocycles. The lowest BCUT2D eigenvalue weighted by atomic mass is 9.87. The average Bonchev–Trinajstić information content (AvgIpc) is 2.86. The van der Waals surface area contributed by atoms with Gasteiger partial charge in [-0.05, 0) is 25.8 Å². The lowest BCUT2D eigenvalue weighted by Gasteiger charge is -2.29. The van der Waals surface area contributed by atoms with Crippen LogP contribution in [0.15, 0.2) is 30.3 Å². The number of carbonyl (C=O) groups is 1. The molecular weight excluding hydrogens is 210 g/mol. The summed E-state index contributed by atoms with van der Waals surface area (Å²) in [6.07, 6.45) is 5.37. The zero-order valence-electron chi connectivity index (χ0n) is 10.5. The molecule has 0 bridgehead atoms. The van der Waals surface area contributed by atoms with E-state index in [0.717, 1.165) is 44.2 Å². The molecule has 0 unspecified atom stereocenters. The molecule has 2 rings (SSSR count). The van der Waals surface area contributed by atoms with Crippen LogP contribution in [0.1, 0.15) is 49.4 Å². The minimum absolute atomic E-state index is 0.280. The molecule has 2 heteroatoms. The van der Waals surface area contributed by atoms with Crippen LogP contribution in [-0.4, -0.2) is 17.9 Å². The fourth-order valence-corrected chi connectivity index (χ4v) is 2.69. The lowest BCUT2D eigenvalue weighted by Crippen LogP contribution is -2.50. The average molecular weight is 231 g/mol. The summed E-state index contributed by atoms with van der Waals surface area (Å²) in [4.78, 5) is 12.6. The second kappa shape index (κ2) is 5.46. The minimum Gasteiger partial charge on any atom is -0.305 e. The highest BCUT2D eigenvalue weighted by Crippen LogP contribution is 2.32. The van der Waals surface area contributed by atoms with E-state index in [1.165, 1.54) is 0 Å². The molecule has 1 aliphatic rings. The molecule has 0 aliphatic heterocycles. The van der Waals surface area contributed by atoms with E-state index in [1.807, 2.05) is 30.3 Å². The van der Waals surface area contributed by atoms with Crippen molar-refractivity contribution in [3.63, 3.8) is 0 Å². The van der Waals surface area contributed by atoms with Crippen molar-refractivity contribution < 1.29 is 4.79 Å². The van der Waals surface area contributed by atoms with Gasteiger partial charge in [-0.25, -0.2) is 0 Å². The first-order valence-corrected chi connectivity index (χ1v) is 6.63. The summed E-state index contributed by atoms with van der Waals surface area (Å²) in [5.41, 5.74) is 0.565.